The molecule has 0 radical (unpaired) electrons. The largest absolute Gasteiger partial charge is 0.338 e. The number of thiazole rings is 1. The smallest absolute Gasteiger partial charge is 0.246 e. The predicted octanol–water partition coefficient (Wildman–Crippen LogP) is 3.56. The first kappa shape index (κ1) is 19.6. The molecule has 0 bridgehead atoms. The van der Waals surface area contributed by atoms with E-state index in [2.05, 4.69) is 30.5 Å². The molecule has 0 aliphatic carbocycles. The third-order valence-electron chi connectivity index (χ3n) is 4.64. The Bertz CT molecular complexity index is 1020. The fourth-order valence-electron chi connectivity index (χ4n) is 3.34. The SMILES string of the molecule is Cc1nc(Nc2nncs2)cc(C2CCCN(C(=O)/C=C/c3csc(C)n3)C2)n1. The van der Waals surface area contributed by atoms with Crippen LogP contribution in [0.5, 0.6) is 0 Å². The quantitative estimate of drug-likeness (QED) is 0.622. The van der Waals surface area contributed by atoms with Gasteiger partial charge in [0, 0.05) is 36.5 Å². The number of likely N-dealkylation sites (tertiary alicyclic amines) is 1. The zero-order valence-electron chi connectivity index (χ0n) is 16.2. The monoisotopic (exact) mass is 427 g/mol. The Morgan fingerprint density at radius 1 is 1.28 bits per heavy atom. The first-order chi connectivity index (χ1) is 14.1. The Kier molecular flexibility index (Phi) is 5.91. The van der Waals surface area contributed by atoms with E-state index < -0.39 is 0 Å². The molecule has 1 saturated heterocycles. The van der Waals surface area contributed by atoms with Crippen molar-refractivity contribution in [3.8, 4) is 0 Å². The second-order valence-corrected chi connectivity index (χ2v) is 8.74. The van der Waals surface area contributed by atoms with Crippen molar-refractivity contribution in [1.29, 1.82) is 0 Å². The Morgan fingerprint density at radius 2 is 2.17 bits per heavy atom. The molecule has 1 N–H and O–H groups in total. The summed E-state index contributed by atoms with van der Waals surface area (Å²) in [5.74, 6) is 1.58. The van der Waals surface area contributed by atoms with E-state index in [1.165, 1.54) is 11.3 Å². The molecular formula is C19H21N7OS2. The molecule has 0 spiro atoms. The van der Waals surface area contributed by atoms with Crippen LogP contribution in [-0.4, -0.2) is 49.0 Å². The molecule has 4 heterocycles. The van der Waals surface area contributed by atoms with Crippen molar-refractivity contribution in [2.75, 3.05) is 18.4 Å². The van der Waals surface area contributed by atoms with E-state index in [4.69, 9.17) is 0 Å². The van der Waals surface area contributed by atoms with Gasteiger partial charge in [-0.05, 0) is 32.8 Å². The van der Waals surface area contributed by atoms with Crippen LogP contribution < -0.4 is 5.32 Å². The molecule has 3 aromatic heterocycles. The summed E-state index contributed by atoms with van der Waals surface area (Å²) in [6.07, 6.45) is 5.34. The number of nitrogens with zero attached hydrogens (tertiary/aromatic N) is 6. The highest BCUT2D eigenvalue weighted by Crippen LogP contribution is 2.28. The molecule has 1 unspecified atom stereocenters. The Hall–Kier alpha value is -2.72. The summed E-state index contributed by atoms with van der Waals surface area (Å²) in [5.41, 5.74) is 3.44. The second-order valence-electron chi connectivity index (χ2n) is 6.84. The van der Waals surface area contributed by atoms with Gasteiger partial charge in [0.2, 0.25) is 11.0 Å². The summed E-state index contributed by atoms with van der Waals surface area (Å²) in [6, 6.07) is 1.95. The summed E-state index contributed by atoms with van der Waals surface area (Å²) in [7, 11) is 0. The van der Waals surface area contributed by atoms with Gasteiger partial charge < -0.3 is 10.2 Å². The topological polar surface area (TPSA) is 96.8 Å². The molecule has 1 fully saturated rings. The number of carbonyl (C=O) groups excluding carboxylic acids is 1. The van der Waals surface area contributed by atoms with Crippen molar-refractivity contribution < 1.29 is 4.79 Å². The average Bonchev–Trinajstić information content (AvgIpc) is 3.37. The molecule has 3 aromatic rings. The van der Waals surface area contributed by atoms with Crippen LogP contribution in [0.1, 0.15) is 41.0 Å². The first-order valence-corrected chi connectivity index (χ1v) is 11.1. The van der Waals surface area contributed by atoms with Gasteiger partial charge in [-0.2, -0.15) is 0 Å². The molecular weight excluding hydrogens is 406 g/mol. The molecule has 29 heavy (non-hydrogen) atoms. The summed E-state index contributed by atoms with van der Waals surface area (Å²) in [6.45, 7) is 5.24. The number of rotatable bonds is 5. The number of aryl methyl sites for hydroxylation is 2. The number of carbonyl (C=O) groups is 1. The Balaban J connectivity index is 1.45. The lowest BCUT2D eigenvalue weighted by molar-refractivity contribution is -0.127. The molecule has 1 amide bonds. The number of nitrogens with one attached hydrogen (secondary N) is 1. The van der Waals surface area contributed by atoms with E-state index in [9.17, 15) is 4.79 Å². The minimum Gasteiger partial charge on any atom is -0.338 e. The molecule has 150 valence electrons. The first-order valence-electron chi connectivity index (χ1n) is 9.35. The maximum atomic E-state index is 12.7. The van der Waals surface area contributed by atoms with Gasteiger partial charge in [0.15, 0.2) is 0 Å². The van der Waals surface area contributed by atoms with Gasteiger partial charge in [0.05, 0.1) is 16.4 Å². The van der Waals surface area contributed by atoms with Crippen molar-refractivity contribution >= 4 is 45.6 Å². The van der Waals surface area contributed by atoms with Crippen LogP contribution in [0.4, 0.5) is 10.9 Å². The maximum absolute atomic E-state index is 12.7. The van der Waals surface area contributed by atoms with Crippen LogP contribution >= 0.6 is 22.7 Å². The lowest BCUT2D eigenvalue weighted by atomic mass is 9.94. The summed E-state index contributed by atoms with van der Waals surface area (Å²) in [5, 5.41) is 14.6. The molecule has 1 atom stereocenters. The number of aromatic nitrogens is 5. The van der Waals surface area contributed by atoms with Crippen molar-refractivity contribution in [3.63, 3.8) is 0 Å². The van der Waals surface area contributed by atoms with Crippen molar-refractivity contribution in [2.45, 2.75) is 32.6 Å². The average molecular weight is 428 g/mol. The van der Waals surface area contributed by atoms with Crippen LogP contribution in [0.3, 0.4) is 0 Å². The molecule has 0 saturated carbocycles. The lowest BCUT2D eigenvalue weighted by Crippen LogP contribution is -2.38. The predicted molar refractivity (Wildman–Crippen MR) is 114 cm³/mol. The number of hydrogen-bond donors (Lipinski definition) is 1. The highest BCUT2D eigenvalue weighted by atomic mass is 32.1. The zero-order valence-corrected chi connectivity index (χ0v) is 17.8. The fourth-order valence-corrected chi connectivity index (χ4v) is 4.37. The molecule has 8 nitrogen and oxygen atoms in total. The van der Waals surface area contributed by atoms with Crippen LogP contribution in [0, 0.1) is 13.8 Å². The van der Waals surface area contributed by atoms with E-state index >= 15 is 0 Å². The molecule has 10 heteroatoms. The number of hydrogen-bond acceptors (Lipinski definition) is 9. The third kappa shape index (κ3) is 5.01. The van der Waals surface area contributed by atoms with Gasteiger partial charge in [-0.25, -0.2) is 15.0 Å². The number of piperidine rings is 1. The van der Waals surface area contributed by atoms with Crippen LogP contribution in [-0.2, 0) is 4.79 Å². The molecule has 0 aromatic carbocycles. The minimum absolute atomic E-state index is 0.0124. The third-order valence-corrected chi connectivity index (χ3v) is 6.04. The van der Waals surface area contributed by atoms with E-state index in [0.717, 1.165) is 35.8 Å². The molecule has 4 rings (SSSR count). The Labute approximate surface area is 176 Å². The standard InChI is InChI=1S/C19H21N7OS2/c1-12-21-16(8-17(22-12)24-19-25-20-11-29-19)14-4-3-7-26(9-14)18(27)6-5-15-10-28-13(2)23-15/h5-6,8,10-11,14H,3-4,7,9H2,1-2H3,(H,21,22,24,25)/b6-5+. The van der Waals surface area contributed by atoms with Crippen LogP contribution in [0.2, 0.25) is 0 Å². The number of anilines is 2. The van der Waals surface area contributed by atoms with E-state index in [-0.39, 0.29) is 11.8 Å². The van der Waals surface area contributed by atoms with Crippen molar-refractivity contribution in [1.82, 2.24) is 30.0 Å². The Morgan fingerprint density at radius 3 is 2.93 bits per heavy atom. The van der Waals surface area contributed by atoms with E-state index in [0.29, 0.717) is 23.3 Å². The lowest BCUT2D eigenvalue weighted by Gasteiger charge is -2.32. The van der Waals surface area contributed by atoms with Crippen LogP contribution in [0.15, 0.2) is 23.0 Å². The van der Waals surface area contributed by atoms with Crippen molar-refractivity contribution in [3.05, 3.63) is 45.3 Å². The second kappa shape index (κ2) is 8.75. The van der Waals surface area contributed by atoms with Gasteiger partial charge in [-0.15, -0.1) is 21.5 Å². The van der Waals surface area contributed by atoms with Gasteiger partial charge in [0.25, 0.3) is 0 Å². The fraction of sp³-hybridized carbons (Fsp3) is 0.368. The summed E-state index contributed by atoms with van der Waals surface area (Å²) in [4.78, 5) is 28.0. The number of amides is 1. The normalized spacial score (nSPS) is 17.0. The highest BCUT2D eigenvalue weighted by molar-refractivity contribution is 7.13. The highest BCUT2D eigenvalue weighted by Gasteiger charge is 2.25. The molecule has 1 aliphatic heterocycles. The minimum atomic E-state index is 0.0124. The van der Waals surface area contributed by atoms with Gasteiger partial charge >= 0.3 is 0 Å². The summed E-state index contributed by atoms with van der Waals surface area (Å²) >= 11 is 2.99. The van der Waals surface area contributed by atoms with E-state index in [1.54, 1.807) is 29.0 Å². The maximum Gasteiger partial charge on any atom is 0.246 e. The van der Waals surface area contributed by atoms with Crippen LogP contribution in [0.25, 0.3) is 6.08 Å². The zero-order chi connectivity index (χ0) is 20.2. The van der Waals surface area contributed by atoms with E-state index in [1.807, 2.05) is 30.2 Å². The van der Waals surface area contributed by atoms with Gasteiger partial charge in [0.1, 0.15) is 17.2 Å². The summed E-state index contributed by atoms with van der Waals surface area (Å²) < 4.78 is 0. The van der Waals surface area contributed by atoms with Gasteiger partial charge in [-0.3, -0.25) is 4.79 Å². The van der Waals surface area contributed by atoms with Crippen molar-refractivity contribution in [2.24, 2.45) is 0 Å². The van der Waals surface area contributed by atoms with Gasteiger partial charge in [-0.1, -0.05) is 11.3 Å². The molecule has 1 aliphatic rings.